The van der Waals surface area contributed by atoms with Crippen LogP contribution < -0.4 is 4.57 Å². The van der Waals surface area contributed by atoms with E-state index in [-0.39, 0.29) is 0 Å². The number of hydrogen-bond donors (Lipinski definition) is 1. The quantitative estimate of drug-likeness (QED) is 0.360. The van der Waals surface area contributed by atoms with Gasteiger partial charge >= 0.3 is 0 Å². The van der Waals surface area contributed by atoms with Crippen LogP contribution in [0.15, 0.2) is 24.5 Å². The number of nitrogens with zero attached hydrogens (tertiary/aromatic N) is 1. The molecule has 2 nitrogen and oxygen atoms in total. The van der Waals surface area contributed by atoms with Gasteiger partial charge in [-0.3, -0.25) is 5.41 Å². The smallest absolute Gasteiger partial charge is 0.253 e. The highest BCUT2D eigenvalue weighted by Crippen LogP contribution is 2.06. The molecule has 4 heteroatoms. The van der Waals surface area contributed by atoms with Crippen molar-refractivity contribution in [2.45, 2.75) is 6.92 Å². The largest absolute Gasteiger partial charge is 0.297 e. The second-order valence-electron chi connectivity index (χ2n) is 2.75. The van der Waals surface area contributed by atoms with Crippen molar-refractivity contribution in [2.75, 3.05) is 6.26 Å². The minimum absolute atomic E-state index is 0.618. The molecule has 0 unspecified atom stereocenters. The fourth-order valence-electron chi connectivity index (χ4n) is 0.968. The topological polar surface area (TPSA) is 27.7 Å². The van der Waals surface area contributed by atoms with Crippen LogP contribution in [0, 0.1) is 12.3 Å². The first-order chi connectivity index (χ1) is 6.69. The first-order valence-corrected chi connectivity index (χ1v) is 5.68. The van der Waals surface area contributed by atoms with Crippen LogP contribution in [0.25, 0.3) is 5.70 Å². The lowest BCUT2D eigenvalue weighted by Crippen LogP contribution is -2.34. The molecular weight excluding hydrogens is 212 g/mol. The van der Waals surface area contributed by atoms with E-state index in [4.69, 9.17) is 17.6 Å². The molecule has 1 aromatic heterocycles. The van der Waals surface area contributed by atoms with E-state index < -0.39 is 0 Å². The Hall–Kier alpha value is -0.960. The highest BCUT2D eigenvalue weighted by Gasteiger charge is 2.14. The van der Waals surface area contributed by atoms with Gasteiger partial charge in [0.15, 0.2) is 16.6 Å². The number of aryl methyl sites for hydroxylation is 1. The van der Waals surface area contributed by atoms with E-state index in [1.807, 2.05) is 37.7 Å². The summed E-state index contributed by atoms with van der Waals surface area (Å²) in [5, 5.41) is 7.18. The van der Waals surface area contributed by atoms with E-state index in [0.717, 1.165) is 0 Å². The molecule has 1 N–H and O–H groups in total. The van der Waals surface area contributed by atoms with Crippen LogP contribution in [0.4, 0.5) is 0 Å². The van der Waals surface area contributed by atoms with Crippen LogP contribution in [-0.4, -0.2) is 16.3 Å². The number of thioether (sulfide) groups is 1. The Bertz CT molecular complexity index is 389. The molecule has 0 amide bonds. The molecule has 1 aromatic rings. The van der Waals surface area contributed by atoms with E-state index in [0.29, 0.717) is 9.89 Å². The Balaban J connectivity index is 3.09. The number of nitrogens with one attached hydrogen (secondary N) is 1. The van der Waals surface area contributed by atoms with Gasteiger partial charge in [0.25, 0.3) is 5.70 Å². The highest BCUT2D eigenvalue weighted by atomic mass is 32.2. The van der Waals surface area contributed by atoms with Crippen LogP contribution in [0.5, 0.6) is 0 Å². The average molecular weight is 223 g/mol. The summed E-state index contributed by atoms with van der Waals surface area (Å²) in [5.74, 6) is 2.36. The second-order valence-corrected chi connectivity index (χ2v) is 4.23. The summed E-state index contributed by atoms with van der Waals surface area (Å²) < 4.78 is 2.48. The molecule has 14 heavy (non-hydrogen) atoms. The predicted molar refractivity (Wildman–Crippen MR) is 64.9 cm³/mol. The molecule has 0 fully saturated rings. The van der Waals surface area contributed by atoms with E-state index in [1.165, 1.54) is 17.3 Å². The Morgan fingerprint density at radius 3 is 2.50 bits per heavy atom. The van der Waals surface area contributed by atoms with Crippen molar-refractivity contribution in [1.29, 1.82) is 5.41 Å². The van der Waals surface area contributed by atoms with E-state index in [2.05, 4.69) is 5.87 Å². The minimum atomic E-state index is 0.618. The molecule has 0 aromatic carbocycles. The number of aromatic nitrogens is 1. The molecule has 0 spiro atoms. The summed E-state index contributed by atoms with van der Waals surface area (Å²) in [6.07, 6.45) is 5.66. The normalized spacial score (nSPS) is 9.29. The molecule has 1 rings (SSSR count). The third-order valence-electron chi connectivity index (χ3n) is 1.75. The van der Waals surface area contributed by atoms with Gasteiger partial charge in [0.1, 0.15) is 0 Å². The maximum absolute atomic E-state index is 7.18. The molecule has 0 atom stereocenters. The van der Waals surface area contributed by atoms with Crippen molar-refractivity contribution in [1.82, 2.24) is 0 Å². The lowest BCUT2D eigenvalue weighted by molar-refractivity contribution is -0.574. The number of hydrogen-bond acceptors (Lipinski definition) is 3. The first-order valence-electron chi connectivity index (χ1n) is 4.05. The van der Waals surface area contributed by atoms with Crippen molar-refractivity contribution in [2.24, 2.45) is 0 Å². The summed E-state index contributed by atoms with van der Waals surface area (Å²) in [6, 6.07) is 3.94. The van der Waals surface area contributed by atoms with Gasteiger partial charge in [-0.15, -0.1) is 11.8 Å². The van der Waals surface area contributed by atoms with Crippen molar-refractivity contribution in [3.8, 4) is 0 Å². The van der Waals surface area contributed by atoms with Gasteiger partial charge in [-0.05, 0) is 18.7 Å². The van der Waals surface area contributed by atoms with Gasteiger partial charge in [0.05, 0.1) is 5.87 Å². The molecule has 0 aliphatic carbocycles. The van der Waals surface area contributed by atoms with Crippen molar-refractivity contribution in [3.05, 3.63) is 30.1 Å². The minimum Gasteiger partial charge on any atom is -0.253 e. The molecule has 0 bridgehead atoms. The highest BCUT2D eigenvalue weighted by molar-refractivity contribution is 8.23. The van der Waals surface area contributed by atoms with Gasteiger partial charge < -0.3 is 0 Å². The fourth-order valence-corrected chi connectivity index (χ4v) is 1.47. The molecule has 0 aliphatic rings. The van der Waals surface area contributed by atoms with Gasteiger partial charge in [0, 0.05) is 12.1 Å². The Morgan fingerprint density at radius 1 is 1.50 bits per heavy atom. The molecule has 1 heterocycles. The average Bonchev–Trinajstić information content (AvgIpc) is 2.21. The maximum atomic E-state index is 7.18. The van der Waals surface area contributed by atoms with Crippen LogP contribution in [-0.2, 0) is 0 Å². The van der Waals surface area contributed by atoms with Crippen LogP contribution >= 0.6 is 24.0 Å². The summed E-state index contributed by atoms with van der Waals surface area (Å²) in [7, 11) is 0. The number of rotatable bonds is 2. The standard InChI is InChI=1S/C10H11N2S2/c1-8-3-5-12(6-4-8)9(7-11)10(13)14-2/h3-6,11H,1-2H3/q+1. The fraction of sp³-hybridized carbons (Fsp3) is 0.200. The molecule has 72 valence electrons. The monoisotopic (exact) mass is 223 g/mol. The maximum Gasteiger partial charge on any atom is 0.297 e. The molecule has 0 saturated heterocycles. The summed E-state index contributed by atoms with van der Waals surface area (Å²) in [6.45, 7) is 2.02. The lowest BCUT2D eigenvalue weighted by Gasteiger charge is -1.97. The van der Waals surface area contributed by atoms with Crippen LogP contribution in [0.3, 0.4) is 0 Å². The van der Waals surface area contributed by atoms with Gasteiger partial charge in [-0.1, -0.05) is 12.2 Å². The van der Waals surface area contributed by atoms with Gasteiger partial charge in [-0.2, -0.15) is 4.57 Å². The number of thiocarbonyl (C=S) groups is 1. The zero-order valence-corrected chi connectivity index (χ0v) is 9.71. The second kappa shape index (κ2) is 5.05. The van der Waals surface area contributed by atoms with Gasteiger partial charge in [0.2, 0.25) is 0 Å². The van der Waals surface area contributed by atoms with E-state index in [1.54, 1.807) is 4.57 Å². The Morgan fingerprint density at radius 2 is 2.07 bits per heavy atom. The van der Waals surface area contributed by atoms with E-state index in [9.17, 15) is 0 Å². The zero-order chi connectivity index (χ0) is 10.6. The SMILES string of the molecule is CSC(=S)C(=C=N)[n+]1ccc(C)cc1. The molecule has 0 radical (unpaired) electrons. The van der Waals surface area contributed by atoms with Crippen molar-refractivity contribution < 1.29 is 4.57 Å². The Kier molecular flexibility index (Phi) is 4.01. The summed E-state index contributed by atoms with van der Waals surface area (Å²) in [5.41, 5.74) is 1.80. The lowest BCUT2D eigenvalue weighted by atomic mass is 10.3. The summed E-state index contributed by atoms with van der Waals surface area (Å²) >= 11 is 6.56. The summed E-state index contributed by atoms with van der Waals surface area (Å²) in [4.78, 5) is 0. The molecule has 0 saturated carbocycles. The zero-order valence-electron chi connectivity index (χ0n) is 8.07. The number of pyridine rings is 1. The van der Waals surface area contributed by atoms with Crippen molar-refractivity contribution >= 4 is 39.7 Å². The third-order valence-corrected chi connectivity index (χ3v) is 3.01. The third kappa shape index (κ3) is 2.51. The van der Waals surface area contributed by atoms with Crippen molar-refractivity contribution in [3.63, 3.8) is 0 Å². The first kappa shape index (κ1) is 11.1. The van der Waals surface area contributed by atoms with Crippen LogP contribution in [0.2, 0.25) is 0 Å². The van der Waals surface area contributed by atoms with E-state index >= 15 is 0 Å². The molecule has 0 aliphatic heterocycles. The molecular formula is C10H11N2S2+. The predicted octanol–water partition coefficient (Wildman–Crippen LogP) is 2.06. The van der Waals surface area contributed by atoms with Gasteiger partial charge in [-0.25, -0.2) is 0 Å². The Labute approximate surface area is 93.2 Å². The van der Waals surface area contributed by atoms with Crippen LogP contribution in [0.1, 0.15) is 5.56 Å².